The molecule has 2 amide bonds. The van der Waals surface area contributed by atoms with Crippen molar-refractivity contribution >= 4 is 23.4 Å². The van der Waals surface area contributed by atoms with Crippen molar-refractivity contribution in [1.29, 1.82) is 0 Å². The first-order valence-electron chi connectivity index (χ1n) is 7.17. The van der Waals surface area contributed by atoms with Crippen LogP contribution in [0.1, 0.15) is 20.7 Å². The van der Waals surface area contributed by atoms with Gasteiger partial charge in [0, 0.05) is 5.56 Å². The fraction of sp³-hybridized carbons (Fsp3) is 0.176. The Hall–Kier alpha value is -2.93. The molecule has 0 aliphatic carbocycles. The number of rotatable bonds is 5. The lowest BCUT2D eigenvalue weighted by atomic mass is 10.1. The van der Waals surface area contributed by atoms with Crippen LogP contribution in [0.5, 0.6) is 17.2 Å². The molecule has 2 aromatic carbocycles. The number of hydrogen-bond donors (Lipinski definition) is 2. The highest BCUT2D eigenvalue weighted by Crippen LogP contribution is 2.38. The first-order valence-corrected chi connectivity index (χ1v) is 7.54. The predicted molar refractivity (Wildman–Crippen MR) is 92.5 cm³/mol. The molecule has 8 heteroatoms. The minimum absolute atomic E-state index is 0.217. The zero-order valence-corrected chi connectivity index (χ0v) is 14.6. The molecule has 0 aliphatic heterocycles. The standard InChI is InChI=1S/C17H17ClN2O5/c1-23-13-8-10(9-14(24-2)15(13)25-3)16(21)19-20-17(22)11-6-4-5-7-12(11)18/h4-9H,1-3H3,(H,19,21)(H,20,22). The van der Waals surface area contributed by atoms with Gasteiger partial charge < -0.3 is 14.2 Å². The molecule has 0 fully saturated rings. The second kappa shape index (κ2) is 8.25. The number of halogens is 1. The normalized spacial score (nSPS) is 9.92. The Morgan fingerprint density at radius 2 is 1.44 bits per heavy atom. The van der Waals surface area contributed by atoms with E-state index in [4.69, 9.17) is 25.8 Å². The topological polar surface area (TPSA) is 85.9 Å². The fourth-order valence-corrected chi connectivity index (χ4v) is 2.33. The van der Waals surface area contributed by atoms with Crippen LogP contribution in [0.15, 0.2) is 36.4 Å². The summed E-state index contributed by atoms with van der Waals surface area (Å²) in [6.07, 6.45) is 0. The molecule has 0 radical (unpaired) electrons. The zero-order chi connectivity index (χ0) is 18.4. The van der Waals surface area contributed by atoms with E-state index in [1.807, 2.05) is 0 Å². The van der Waals surface area contributed by atoms with Crippen molar-refractivity contribution in [2.75, 3.05) is 21.3 Å². The second-order valence-corrected chi connectivity index (χ2v) is 5.21. The number of methoxy groups -OCH3 is 3. The molecule has 0 saturated heterocycles. The highest BCUT2D eigenvalue weighted by molar-refractivity contribution is 6.33. The van der Waals surface area contributed by atoms with Gasteiger partial charge in [-0.3, -0.25) is 20.4 Å². The Morgan fingerprint density at radius 3 is 1.96 bits per heavy atom. The number of carbonyl (C=O) groups excluding carboxylic acids is 2. The third kappa shape index (κ3) is 4.13. The number of amides is 2. The van der Waals surface area contributed by atoms with E-state index in [1.54, 1.807) is 24.3 Å². The minimum Gasteiger partial charge on any atom is -0.493 e. The Morgan fingerprint density at radius 1 is 0.880 bits per heavy atom. The molecule has 7 nitrogen and oxygen atoms in total. The molecule has 2 N–H and O–H groups in total. The van der Waals surface area contributed by atoms with Gasteiger partial charge in [-0.2, -0.15) is 0 Å². The van der Waals surface area contributed by atoms with Crippen LogP contribution in [0, 0.1) is 0 Å². The lowest BCUT2D eigenvalue weighted by molar-refractivity contribution is 0.0846. The van der Waals surface area contributed by atoms with Crippen molar-refractivity contribution in [2.24, 2.45) is 0 Å². The quantitative estimate of drug-likeness (QED) is 0.796. The van der Waals surface area contributed by atoms with Gasteiger partial charge in [0.1, 0.15) is 0 Å². The number of ether oxygens (including phenoxy) is 3. The van der Waals surface area contributed by atoms with Crippen LogP contribution in [0.2, 0.25) is 5.02 Å². The Kier molecular flexibility index (Phi) is 6.08. The number of hydrazine groups is 1. The van der Waals surface area contributed by atoms with Crippen molar-refractivity contribution in [3.05, 3.63) is 52.5 Å². The van der Waals surface area contributed by atoms with E-state index in [-0.39, 0.29) is 16.1 Å². The van der Waals surface area contributed by atoms with Crippen LogP contribution in [-0.4, -0.2) is 33.1 Å². The van der Waals surface area contributed by atoms with Gasteiger partial charge >= 0.3 is 0 Å². The average Bonchev–Trinajstić information content (AvgIpc) is 2.64. The summed E-state index contributed by atoms with van der Waals surface area (Å²) in [6, 6.07) is 9.44. The zero-order valence-electron chi connectivity index (χ0n) is 13.9. The van der Waals surface area contributed by atoms with Crippen LogP contribution in [0.25, 0.3) is 0 Å². The van der Waals surface area contributed by atoms with Gasteiger partial charge in [0.2, 0.25) is 5.75 Å². The van der Waals surface area contributed by atoms with Crippen LogP contribution >= 0.6 is 11.6 Å². The Labute approximate surface area is 149 Å². The molecule has 0 atom stereocenters. The molecule has 25 heavy (non-hydrogen) atoms. The summed E-state index contributed by atoms with van der Waals surface area (Å²) in [5, 5.41) is 0.280. The van der Waals surface area contributed by atoms with Gasteiger partial charge in [-0.1, -0.05) is 23.7 Å². The monoisotopic (exact) mass is 364 g/mol. The first-order chi connectivity index (χ1) is 12.0. The summed E-state index contributed by atoms with van der Waals surface area (Å²) >= 11 is 5.94. The minimum atomic E-state index is -0.556. The SMILES string of the molecule is COc1cc(C(=O)NNC(=O)c2ccccc2Cl)cc(OC)c1OC. The lowest BCUT2D eigenvalue weighted by Crippen LogP contribution is -2.41. The maximum absolute atomic E-state index is 12.3. The van der Waals surface area contributed by atoms with E-state index in [9.17, 15) is 9.59 Å². The molecular formula is C17H17ClN2O5. The number of carbonyl (C=O) groups is 2. The summed E-state index contributed by atoms with van der Waals surface area (Å²) in [7, 11) is 4.35. The molecule has 132 valence electrons. The molecule has 0 unspecified atom stereocenters. The summed E-state index contributed by atoms with van der Waals surface area (Å²) in [6.45, 7) is 0. The summed E-state index contributed by atoms with van der Waals surface area (Å²) in [5.74, 6) is -0.0819. The molecule has 0 aromatic heterocycles. The van der Waals surface area contributed by atoms with Gasteiger partial charge in [-0.15, -0.1) is 0 Å². The van der Waals surface area contributed by atoms with Crippen LogP contribution in [0.3, 0.4) is 0 Å². The largest absolute Gasteiger partial charge is 0.493 e. The van der Waals surface area contributed by atoms with E-state index in [2.05, 4.69) is 10.9 Å². The van der Waals surface area contributed by atoms with Crippen molar-refractivity contribution < 1.29 is 23.8 Å². The van der Waals surface area contributed by atoms with Gasteiger partial charge in [-0.05, 0) is 24.3 Å². The first kappa shape index (κ1) is 18.4. The third-order valence-corrected chi connectivity index (χ3v) is 3.66. The van der Waals surface area contributed by atoms with E-state index in [1.165, 1.54) is 33.5 Å². The van der Waals surface area contributed by atoms with Gasteiger partial charge in [0.15, 0.2) is 11.5 Å². The smallest absolute Gasteiger partial charge is 0.271 e. The van der Waals surface area contributed by atoms with Gasteiger partial charge in [-0.25, -0.2) is 0 Å². The molecule has 0 spiro atoms. The van der Waals surface area contributed by atoms with E-state index in [0.717, 1.165) is 0 Å². The van der Waals surface area contributed by atoms with Crippen molar-refractivity contribution in [3.8, 4) is 17.2 Å². The van der Waals surface area contributed by atoms with Crippen LogP contribution < -0.4 is 25.1 Å². The van der Waals surface area contributed by atoms with Gasteiger partial charge in [0.25, 0.3) is 11.8 Å². The van der Waals surface area contributed by atoms with E-state index >= 15 is 0 Å². The fourth-order valence-electron chi connectivity index (χ4n) is 2.11. The number of hydrogen-bond acceptors (Lipinski definition) is 5. The Balaban J connectivity index is 2.16. The van der Waals surface area contributed by atoms with Crippen molar-refractivity contribution in [3.63, 3.8) is 0 Å². The highest BCUT2D eigenvalue weighted by Gasteiger charge is 2.18. The summed E-state index contributed by atoms with van der Waals surface area (Å²) < 4.78 is 15.6. The van der Waals surface area contributed by atoms with E-state index < -0.39 is 11.8 Å². The molecule has 0 saturated carbocycles. The second-order valence-electron chi connectivity index (χ2n) is 4.80. The molecule has 0 heterocycles. The van der Waals surface area contributed by atoms with Crippen LogP contribution in [-0.2, 0) is 0 Å². The molecule has 0 aliphatic rings. The van der Waals surface area contributed by atoms with Crippen molar-refractivity contribution in [2.45, 2.75) is 0 Å². The van der Waals surface area contributed by atoms with Gasteiger partial charge in [0.05, 0.1) is 31.9 Å². The molecule has 2 rings (SSSR count). The maximum atomic E-state index is 12.3. The average molecular weight is 365 g/mol. The third-order valence-electron chi connectivity index (χ3n) is 3.33. The summed E-state index contributed by atoms with van der Waals surface area (Å²) in [4.78, 5) is 24.4. The highest BCUT2D eigenvalue weighted by atomic mass is 35.5. The molecular weight excluding hydrogens is 348 g/mol. The molecule has 0 bridgehead atoms. The van der Waals surface area contributed by atoms with Crippen LogP contribution in [0.4, 0.5) is 0 Å². The van der Waals surface area contributed by atoms with Crippen molar-refractivity contribution in [1.82, 2.24) is 10.9 Å². The lowest BCUT2D eigenvalue weighted by Gasteiger charge is -2.14. The van der Waals surface area contributed by atoms with E-state index in [0.29, 0.717) is 17.2 Å². The molecule has 2 aromatic rings. The Bertz CT molecular complexity index is 769. The predicted octanol–water partition coefficient (Wildman–Crippen LogP) is 2.44. The summed E-state index contributed by atoms with van der Waals surface area (Å²) in [5.41, 5.74) is 5.08. The number of benzene rings is 2. The maximum Gasteiger partial charge on any atom is 0.271 e. The number of nitrogens with one attached hydrogen (secondary N) is 2.